The Morgan fingerprint density at radius 2 is 1.88 bits per heavy atom. The molecule has 6 rings (SSSR count). The Bertz CT molecular complexity index is 1160. The molecule has 0 spiro atoms. The van der Waals surface area contributed by atoms with Crippen molar-refractivity contribution in [2.45, 2.75) is 70.0 Å². The van der Waals surface area contributed by atoms with Crippen molar-refractivity contribution in [2.75, 3.05) is 19.6 Å². The third-order valence-corrected chi connectivity index (χ3v) is 9.41. The molecule has 7 heteroatoms. The number of aromatic nitrogens is 3. The van der Waals surface area contributed by atoms with Gasteiger partial charge in [0.15, 0.2) is 0 Å². The fraction of sp³-hybridized carbons (Fsp3) is 0.519. The molecule has 3 aliphatic heterocycles. The smallest absolute Gasteiger partial charge is 0.291 e. The second-order valence-electron chi connectivity index (χ2n) is 10.2. The highest BCUT2D eigenvalue weighted by Gasteiger charge is 2.50. The van der Waals surface area contributed by atoms with E-state index in [-0.39, 0.29) is 11.3 Å². The monoisotopic (exact) mass is 475 g/mol. The molecule has 2 fully saturated rings. The minimum absolute atomic E-state index is 0.0595. The van der Waals surface area contributed by atoms with Crippen molar-refractivity contribution in [1.29, 1.82) is 0 Å². The van der Waals surface area contributed by atoms with Gasteiger partial charge in [-0.1, -0.05) is 30.3 Å². The fourth-order valence-electron chi connectivity index (χ4n) is 6.40. The van der Waals surface area contributed by atoms with E-state index in [1.807, 2.05) is 16.2 Å². The first-order chi connectivity index (χ1) is 16.7. The normalized spacial score (nSPS) is 25.1. The van der Waals surface area contributed by atoms with Crippen LogP contribution in [0.5, 0.6) is 0 Å². The summed E-state index contributed by atoms with van der Waals surface area (Å²) in [4.78, 5) is 19.6. The third-order valence-electron chi connectivity index (χ3n) is 8.40. The van der Waals surface area contributed by atoms with Crippen molar-refractivity contribution >= 4 is 17.2 Å². The van der Waals surface area contributed by atoms with E-state index in [0.29, 0.717) is 11.9 Å². The summed E-state index contributed by atoms with van der Waals surface area (Å²) in [6, 6.07) is 13.6. The number of carbonyl (C=O) groups is 1. The second-order valence-corrected chi connectivity index (χ2v) is 11.2. The Kier molecular flexibility index (Phi) is 5.77. The van der Waals surface area contributed by atoms with Crippen LogP contribution in [0.15, 0.2) is 41.8 Å². The zero-order valence-corrected chi connectivity index (χ0v) is 20.8. The van der Waals surface area contributed by atoms with E-state index in [9.17, 15) is 4.79 Å². The molecule has 5 heterocycles. The summed E-state index contributed by atoms with van der Waals surface area (Å²) < 4.78 is 2.17. The van der Waals surface area contributed by atoms with Gasteiger partial charge in [-0.3, -0.25) is 9.69 Å². The number of rotatable bonds is 4. The summed E-state index contributed by atoms with van der Waals surface area (Å²) in [6.45, 7) is 6.70. The van der Waals surface area contributed by atoms with Gasteiger partial charge >= 0.3 is 0 Å². The summed E-state index contributed by atoms with van der Waals surface area (Å²) >= 11 is 1.86. The topological polar surface area (TPSA) is 54.3 Å². The number of thiophene rings is 1. The van der Waals surface area contributed by atoms with Gasteiger partial charge in [0.05, 0.1) is 0 Å². The maximum atomic E-state index is 13.5. The maximum absolute atomic E-state index is 13.5. The highest BCUT2D eigenvalue weighted by Crippen LogP contribution is 2.47. The van der Waals surface area contributed by atoms with Gasteiger partial charge in [0.2, 0.25) is 5.82 Å². The lowest BCUT2D eigenvalue weighted by Crippen LogP contribution is -2.45. The molecule has 3 aromatic rings. The van der Waals surface area contributed by atoms with Crippen LogP contribution in [0.25, 0.3) is 0 Å². The molecule has 2 saturated heterocycles. The van der Waals surface area contributed by atoms with E-state index < -0.39 is 0 Å². The molecule has 0 unspecified atom stereocenters. The molecule has 3 aliphatic rings. The van der Waals surface area contributed by atoms with Crippen LogP contribution in [0.2, 0.25) is 0 Å². The molecular formula is C27H33N5OS. The third kappa shape index (κ3) is 3.69. The average molecular weight is 476 g/mol. The summed E-state index contributed by atoms with van der Waals surface area (Å²) in [7, 11) is 0. The quantitative estimate of drug-likeness (QED) is 0.560. The van der Waals surface area contributed by atoms with Crippen LogP contribution >= 0.6 is 11.3 Å². The Hall–Kier alpha value is -2.51. The summed E-state index contributed by atoms with van der Waals surface area (Å²) in [5.74, 6) is 1.57. The van der Waals surface area contributed by atoms with Gasteiger partial charge in [0.25, 0.3) is 5.91 Å². The summed E-state index contributed by atoms with van der Waals surface area (Å²) in [5.41, 5.74) is 2.87. The number of piperidine rings is 1. The van der Waals surface area contributed by atoms with E-state index in [1.54, 1.807) is 0 Å². The molecule has 178 valence electrons. The van der Waals surface area contributed by atoms with Crippen LogP contribution < -0.4 is 0 Å². The SMILES string of the molecule is Cc1ccsc1CN1CC[C@@]2(c3ccccc3)CCc3nnc(C(=O)N4CCCCC4)n3C[C@H]12. The molecule has 6 nitrogen and oxygen atoms in total. The number of benzene rings is 1. The first kappa shape index (κ1) is 22.0. The molecule has 2 aromatic heterocycles. The van der Waals surface area contributed by atoms with E-state index in [1.165, 1.54) is 22.4 Å². The fourth-order valence-corrected chi connectivity index (χ4v) is 7.34. The second kappa shape index (κ2) is 8.93. The number of nitrogens with zero attached hydrogens (tertiary/aromatic N) is 5. The molecule has 34 heavy (non-hydrogen) atoms. The predicted molar refractivity (Wildman–Crippen MR) is 134 cm³/mol. The van der Waals surface area contributed by atoms with Crippen LogP contribution in [-0.2, 0) is 24.9 Å². The summed E-state index contributed by atoms with van der Waals surface area (Å²) in [6.07, 6.45) is 6.41. The number of carbonyl (C=O) groups excluding carboxylic acids is 1. The first-order valence-corrected chi connectivity index (χ1v) is 13.6. The van der Waals surface area contributed by atoms with Gasteiger partial charge in [0.1, 0.15) is 5.82 Å². The zero-order chi connectivity index (χ0) is 23.1. The van der Waals surface area contributed by atoms with Crippen LogP contribution in [0.3, 0.4) is 0 Å². The van der Waals surface area contributed by atoms with Crippen molar-refractivity contribution in [3.05, 3.63) is 69.4 Å². The number of fused-ring (bicyclic) bond motifs is 2. The largest absolute Gasteiger partial charge is 0.336 e. The van der Waals surface area contributed by atoms with Crippen molar-refractivity contribution in [1.82, 2.24) is 24.6 Å². The predicted octanol–water partition coefficient (Wildman–Crippen LogP) is 4.43. The lowest BCUT2D eigenvalue weighted by molar-refractivity contribution is 0.0702. The van der Waals surface area contributed by atoms with Gasteiger partial charge in [0, 0.05) is 48.9 Å². The molecule has 0 radical (unpaired) electrons. The lowest BCUT2D eigenvalue weighted by atomic mass is 9.71. The van der Waals surface area contributed by atoms with Gasteiger partial charge < -0.3 is 9.47 Å². The van der Waals surface area contributed by atoms with Crippen molar-refractivity contribution in [3.8, 4) is 0 Å². The van der Waals surface area contributed by atoms with Crippen molar-refractivity contribution in [3.63, 3.8) is 0 Å². The van der Waals surface area contributed by atoms with Crippen molar-refractivity contribution in [2.24, 2.45) is 0 Å². The van der Waals surface area contributed by atoms with Crippen LogP contribution in [0.4, 0.5) is 0 Å². The molecule has 0 aliphatic carbocycles. The van der Waals surface area contributed by atoms with Crippen LogP contribution in [0.1, 0.15) is 64.6 Å². The Labute approximate surface area is 205 Å². The van der Waals surface area contributed by atoms with Gasteiger partial charge in [-0.2, -0.15) is 0 Å². The Morgan fingerprint density at radius 1 is 1.06 bits per heavy atom. The molecule has 1 aromatic carbocycles. The van der Waals surface area contributed by atoms with Crippen LogP contribution in [0, 0.1) is 6.92 Å². The number of amides is 1. The maximum Gasteiger partial charge on any atom is 0.291 e. The Balaban J connectivity index is 1.37. The summed E-state index contributed by atoms with van der Waals surface area (Å²) in [5, 5.41) is 11.2. The van der Waals surface area contributed by atoms with E-state index in [2.05, 4.69) is 68.4 Å². The zero-order valence-electron chi connectivity index (χ0n) is 19.9. The molecular weight excluding hydrogens is 442 g/mol. The van der Waals surface area contributed by atoms with E-state index in [4.69, 9.17) is 0 Å². The highest BCUT2D eigenvalue weighted by molar-refractivity contribution is 7.10. The molecule has 0 N–H and O–H groups in total. The average Bonchev–Trinajstić information content (AvgIpc) is 3.55. The molecule has 0 saturated carbocycles. The molecule has 2 atom stereocenters. The van der Waals surface area contributed by atoms with Crippen LogP contribution in [-0.4, -0.2) is 56.1 Å². The highest BCUT2D eigenvalue weighted by atomic mass is 32.1. The lowest BCUT2D eigenvalue weighted by Gasteiger charge is -2.38. The standard InChI is InChI=1S/C27H33N5OS/c1-20-11-17-34-22(20)18-31-16-13-27(21-8-4-2-5-9-21)12-10-24-28-29-25(32(24)19-23(27)31)26(33)30-14-6-3-7-15-30/h2,4-5,8-9,11,17,23H,3,6-7,10,12-16,18-19H2,1H3/t23-,27+/m0/s1. The number of hydrogen-bond donors (Lipinski definition) is 0. The van der Waals surface area contributed by atoms with E-state index >= 15 is 0 Å². The van der Waals surface area contributed by atoms with Crippen molar-refractivity contribution < 1.29 is 4.79 Å². The minimum Gasteiger partial charge on any atom is -0.336 e. The number of aryl methyl sites for hydroxylation is 2. The number of hydrogen-bond acceptors (Lipinski definition) is 5. The number of likely N-dealkylation sites (tertiary alicyclic amines) is 2. The molecule has 0 bridgehead atoms. The van der Waals surface area contributed by atoms with Gasteiger partial charge in [-0.15, -0.1) is 21.5 Å². The Morgan fingerprint density at radius 3 is 2.65 bits per heavy atom. The van der Waals surface area contributed by atoms with E-state index in [0.717, 1.165) is 70.7 Å². The first-order valence-electron chi connectivity index (χ1n) is 12.7. The molecule has 1 amide bonds. The van der Waals surface area contributed by atoms with Gasteiger partial charge in [-0.25, -0.2) is 0 Å². The minimum atomic E-state index is 0.0595. The van der Waals surface area contributed by atoms with Gasteiger partial charge in [-0.05, 0) is 68.1 Å².